The predicted molar refractivity (Wildman–Crippen MR) is 60.5 cm³/mol. The van der Waals surface area contributed by atoms with E-state index in [1.807, 2.05) is 24.5 Å². The third-order valence-corrected chi connectivity index (χ3v) is 1.77. The number of aromatic amines is 1. The van der Waals surface area contributed by atoms with Crippen molar-refractivity contribution in [1.29, 1.82) is 0 Å². The van der Waals surface area contributed by atoms with E-state index in [-0.39, 0.29) is 0 Å². The van der Waals surface area contributed by atoms with E-state index in [1.54, 1.807) is 0 Å². The Morgan fingerprint density at radius 1 is 0.824 bits per heavy atom. The number of benzene rings is 1. The maximum absolute atomic E-state index is 10.2. The summed E-state index contributed by atoms with van der Waals surface area (Å²) in [5, 5.41) is 20.5. The molecule has 17 heavy (non-hydrogen) atoms. The van der Waals surface area contributed by atoms with Crippen molar-refractivity contribution in [2.45, 2.75) is 0 Å². The van der Waals surface area contributed by atoms with Crippen LogP contribution in [-0.4, -0.2) is 14.8 Å². The minimum absolute atomic E-state index is 0.484. The van der Waals surface area contributed by atoms with Crippen LogP contribution in [-0.2, 0) is 0 Å². The zero-order valence-electron chi connectivity index (χ0n) is 8.65. The minimum atomic E-state index is -0.780. The highest BCUT2D eigenvalue weighted by Crippen LogP contribution is 2.24. The number of para-hydroxylation sites is 2. The van der Waals surface area contributed by atoms with Gasteiger partial charge in [0.25, 0.3) is 0 Å². The minimum Gasteiger partial charge on any atom is -0.368 e. The molecular weight excluding hydrogens is 226 g/mol. The van der Waals surface area contributed by atoms with E-state index in [0.29, 0.717) is 0 Å². The Bertz CT molecular complexity index is 446. The molecular formula is C10H9N3O4. The Balaban J connectivity index is 0.000000239. The molecule has 0 aliphatic carbocycles. The largest absolute Gasteiger partial charge is 0.368 e. The van der Waals surface area contributed by atoms with Crippen molar-refractivity contribution < 1.29 is 9.85 Å². The van der Waals surface area contributed by atoms with Crippen LogP contribution in [0.1, 0.15) is 0 Å². The maximum atomic E-state index is 10.2. The molecule has 0 fully saturated rings. The molecule has 0 atom stereocenters. The first-order valence-electron chi connectivity index (χ1n) is 4.58. The van der Waals surface area contributed by atoms with Gasteiger partial charge in [-0.05, 0) is 12.1 Å². The number of hydrogen-bond donors (Lipinski definition) is 1. The van der Waals surface area contributed by atoms with Crippen molar-refractivity contribution in [3.63, 3.8) is 0 Å². The highest BCUT2D eigenvalue weighted by atomic mass is 16.6. The van der Waals surface area contributed by atoms with Gasteiger partial charge in [-0.2, -0.15) is 0 Å². The molecule has 7 heteroatoms. The summed E-state index contributed by atoms with van der Waals surface area (Å²) < 4.78 is 0. The molecule has 0 unspecified atom stereocenters. The van der Waals surface area contributed by atoms with Gasteiger partial charge < -0.3 is 4.98 Å². The smallest absolute Gasteiger partial charge is 0.346 e. The summed E-state index contributed by atoms with van der Waals surface area (Å²) in [6, 6.07) is 8.84. The molecule has 2 rings (SSSR count). The van der Waals surface area contributed by atoms with E-state index in [0.717, 1.165) is 12.1 Å². The second kappa shape index (κ2) is 6.01. The lowest BCUT2D eigenvalue weighted by Gasteiger charge is -1.91. The summed E-state index contributed by atoms with van der Waals surface area (Å²) in [4.78, 5) is 21.8. The number of nitrogens with one attached hydrogen (secondary N) is 1. The molecule has 0 amide bonds. The summed E-state index contributed by atoms with van der Waals surface area (Å²) in [5.74, 6) is 0. The number of hydrogen-bond acceptors (Lipinski definition) is 4. The van der Waals surface area contributed by atoms with Gasteiger partial charge in [-0.3, -0.25) is 20.2 Å². The van der Waals surface area contributed by atoms with Crippen LogP contribution >= 0.6 is 0 Å². The topological polar surface area (TPSA) is 102 Å². The van der Waals surface area contributed by atoms with Crippen LogP contribution in [0.2, 0.25) is 0 Å². The summed E-state index contributed by atoms with van der Waals surface area (Å²) >= 11 is 0. The molecule has 1 aromatic carbocycles. The van der Waals surface area contributed by atoms with Crippen molar-refractivity contribution in [2.75, 3.05) is 0 Å². The van der Waals surface area contributed by atoms with E-state index in [4.69, 9.17) is 0 Å². The van der Waals surface area contributed by atoms with Gasteiger partial charge in [-0.1, -0.05) is 12.1 Å². The fourth-order valence-electron chi connectivity index (χ4n) is 1.05. The van der Waals surface area contributed by atoms with Gasteiger partial charge in [-0.25, -0.2) is 0 Å². The number of aromatic nitrogens is 1. The fraction of sp³-hybridized carbons (Fsp3) is 0. The van der Waals surface area contributed by atoms with Crippen molar-refractivity contribution in [3.05, 3.63) is 69.0 Å². The van der Waals surface area contributed by atoms with Crippen LogP contribution < -0.4 is 0 Å². The number of nitrogens with zero attached hydrogens (tertiary/aromatic N) is 2. The van der Waals surface area contributed by atoms with E-state index in [9.17, 15) is 20.2 Å². The molecule has 0 spiro atoms. The summed E-state index contributed by atoms with van der Waals surface area (Å²) in [7, 11) is 0. The molecule has 1 heterocycles. The Morgan fingerprint density at radius 2 is 1.24 bits per heavy atom. The molecule has 0 saturated carbocycles. The highest BCUT2D eigenvalue weighted by Gasteiger charge is 2.21. The lowest BCUT2D eigenvalue weighted by Crippen LogP contribution is -1.95. The van der Waals surface area contributed by atoms with Crippen molar-refractivity contribution in [2.24, 2.45) is 0 Å². The number of nitro benzene ring substituents is 2. The number of H-pyrrole nitrogens is 1. The molecule has 1 aromatic heterocycles. The average molecular weight is 235 g/mol. The monoisotopic (exact) mass is 235 g/mol. The van der Waals surface area contributed by atoms with Gasteiger partial charge in [0.2, 0.25) is 0 Å². The van der Waals surface area contributed by atoms with Crippen LogP contribution in [0.15, 0.2) is 48.8 Å². The van der Waals surface area contributed by atoms with Crippen LogP contribution in [0.4, 0.5) is 11.4 Å². The fourth-order valence-corrected chi connectivity index (χ4v) is 1.05. The van der Waals surface area contributed by atoms with Gasteiger partial charge in [0.05, 0.1) is 9.85 Å². The molecule has 0 aliphatic rings. The van der Waals surface area contributed by atoms with Crippen molar-refractivity contribution >= 4 is 11.4 Å². The van der Waals surface area contributed by atoms with E-state index >= 15 is 0 Å². The van der Waals surface area contributed by atoms with Gasteiger partial charge in [0.15, 0.2) is 0 Å². The second-order valence-electron chi connectivity index (χ2n) is 2.89. The van der Waals surface area contributed by atoms with Gasteiger partial charge in [-0.15, -0.1) is 0 Å². The quantitative estimate of drug-likeness (QED) is 0.638. The molecule has 0 radical (unpaired) electrons. The second-order valence-corrected chi connectivity index (χ2v) is 2.89. The number of rotatable bonds is 2. The molecule has 0 saturated heterocycles. The Hall–Kier alpha value is -2.70. The van der Waals surface area contributed by atoms with E-state index < -0.39 is 21.2 Å². The standard InChI is InChI=1S/C6H4N2O4.C4H5N/c9-7(10)5-3-1-2-4-6(5)8(11)12;1-2-4-5-3-1/h1-4H;1-5H. The lowest BCUT2D eigenvalue weighted by molar-refractivity contribution is -0.422. The first-order valence-corrected chi connectivity index (χ1v) is 4.58. The summed E-state index contributed by atoms with van der Waals surface area (Å²) in [6.07, 6.45) is 3.75. The van der Waals surface area contributed by atoms with Crippen LogP contribution in [0.25, 0.3) is 0 Å². The molecule has 2 aromatic rings. The van der Waals surface area contributed by atoms with Gasteiger partial charge >= 0.3 is 11.4 Å². The lowest BCUT2D eigenvalue weighted by atomic mass is 10.3. The number of nitro groups is 2. The van der Waals surface area contributed by atoms with Crippen LogP contribution in [0.5, 0.6) is 0 Å². The highest BCUT2D eigenvalue weighted by molar-refractivity contribution is 5.51. The molecule has 1 N–H and O–H groups in total. The first-order chi connectivity index (χ1) is 8.13. The third-order valence-electron chi connectivity index (χ3n) is 1.77. The zero-order valence-corrected chi connectivity index (χ0v) is 8.65. The van der Waals surface area contributed by atoms with Gasteiger partial charge in [0, 0.05) is 24.5 Å². The summed E-state index contributed by atoms with van der Waals surface area (Å²) in [5.41, 5.74) is -0.968. The summed E-state index contributed by atoms with van der Waals surface area (Å²) in [6.45, 7) is 0. The molecule has 0 bridgehead atoms. The first kappa shape index (κ1) is 12.4. The Morgan fingerprint density at radius 3 is 1.47 bits per heavy atom. The Kier molecular flexibility index (Phi) is 4.37. The third kappa shape index (κ3) is 3.74. The Labute approximate surface area is 96.0 Å². The predicted octanol–water partition coefficient (Wildman–Crippen LogP) is 2.52. The maximum Gasteiger partial charge on any atom is 0.346 e. The van der Waals surface area contributed by atoms with Crippen LogP contribution in [0.3, 0.4) is 0 Å². The molecule has 88 valence electrons. The SMILES string of the molecule is O=[N+]([O-])c1ccccc1[N+](=O)[O-].c1cc[nH]c1. The molecule has 0 aliphatic heterocycles. The zero-order chi connectivity index (χ0) is 12.7. The van der Waals surface area contributed by atoms with Crippen molar-refractivity contribution in [3.8, 4) is 0 Å². The molecule has 7 nitrogen and oxygen atoms in total. The van der Waals surface area contributed by atoms with Gasteiger partial charge in [0.1, 0.15) is 0 Å². The average Bonchev–Trinajstić information content (AvgIpc) is 2.87. The van der Waals surface area contributed by atoms with Crippen molar-refractivity contribution in [1.82, 2.24) is 4.98 Å². The normalized spacial score (nSPS) is 8.94. The van der Waals surface area contributed by atoms with E-state index in [1.165, 1.54) is 12.1 Å². The van der Waals surface area contributed by atoms with E-state index in [2.05, 4.69) is 4.98 Å². The van der Waals surface area contributed by atoms with Crippen LogP contribution in [0, 0.1) is 20.2 Å².